The minimum Gasteiger partial charge on any atom is -0.336 e. The number of amides is 2. The molecule has 13 heavy (non-hydrogen) atoms. The molecule has 0 aromatic carbocycles. The molecule has 0 atom stereocenters. The first-order valence-corrected chi connectivity index (χ1v) is 5.10. The molecule has 2 N–H and O–H groups in total. The van der Waals surface area contributed by atoms with Crippen LogP contribution in [-0.2, 0) is 0 Å². The molecular weight excluding hydrogens is 166 g/mol. The maximum atomic E-state index is 11.2. The maximum absolute atomic E-state index is 11.2. The highest BCUT2D eigenvalue weighted by Crippen LogP contribution is 2.14. The Morgan fingerprint density at radius 3 is 2.69 bits per heavy atom. The number of carbonyl (C=O) groups excluding carboxylic acids is 1. The molecule has 2 aliphatic heterocycles. The van der Waals surface area contributed by atoms with Crippen LogP contribution < -0.4 is 10.6 Å². The lowest BCUT2D eigenvalue weighted by Gasteiger charge is -2.26. The summed E-state index contributed by atoms with van der Waals surface area (Å²) < 4.78 is 0. The Balaban J connectivity index is 1.79. The van der Waals surface area contributed by atoms with E-state index >= 15 is 0 Å². The third-order valence-corrected chi connectivity index (χ3v) is 2.88. The molecular formula is C9H17N3O. The molecule has 2 saturated heterocycles. The van der Waals surface area contributed by atoms with Crippen LogP contribution in [0, 0.1) is 5.92 Å². The van der Waals surface area contributed by atoms with E-state index in [9.17, 15) is 4.79 Å². The van der Waals surface area contributed by atoms with Gasteiger partial charge in [-0.3, -0.25) is 0 Å². The number of carbonyl (C=O) groups is 1. The molecule has 0 bridgehead atoms. The molecule has 0 aromatic rings. The number of nitrogens with one attached hydrogen (secondary N) is 2. The summed E-state index contributed by atoms with van der Waals surface area (Å²) in [6.07, 6.45) is 2.42. The molecule has 2 aliphatic rings. The molecule has 4 heteroatoms. The molecule has 0 saturated carbocycles. The second-order valence-corrected chi connectivity index (χ2v) is 3.87. The molecule has 4 nitrogen and oxygen atoms in total. The summed E-state index contributed by atoms with van der Waals surface area (Å²) in [4.78, 5) is 13.2. The van der Waals surface area contributed by atoms with Crippen molar-refractivity contribution < 1.29 is 4.79 Å². The van der Waals surface area contributed by atoms with Gasteiger partial charge in [0.2, 0.25) is 0 Å². The van der Waals surface area contributed by atoms with Gasteiger partial charge in [-0.05, 0) is 31.8 Å². The second kappa shape index (κ2) is 3.96. The van der Waals surface area contributed by atoms with Gasteiger partial charge in [-0.2, -0.15) is 0 Å². The number of hydrogen-bond acceptors (Lipinski definition) is 2. The van der Waals surface area contributed by atoms with E-state index in [4.69, 9.17) is 0 Å². The Morgan fingerprint density at radius 1 is 1.31 bits per heavy atom. The molecule has 2 heterocycles. The van der Waals surface area contributed by atoms with E-state index in [1.807, 2.05) is 4.90 Å². The Morgan fingerprint density at radius 2 is 2.08 bits per heavy atom. The van der Waals surface area contributed by atoms with Crippen LogP contribution in [0.15, 0.2) is 0 Å². The number of rotatable bonds is 2. The van der Waals surface area contributed by atoms with E-state index in [0.717, 1.165) is 32.7 Å². The van der Waals surface area contributed by atoms with E-state index in [1.165, 1.54) is 12.8 Å². The summed E-state index contributed by atoms with van der Waals surface area (Å²) in [5, 5.41) is 6.16. The smallest absolute Gasteiger partial charge is 0.317 e. The fourth-order valence-corrected chi connectivity index (χ4v) is 2.06. The van der Waals surface area contributed by atoms with E-state index < -0.39 is 0 Å². The van der Waals surface area contributed by atoms with Crippen molar-refractivity contribution in [3.63, 3.8) is 0 Å². The normalized spacial score (nSPS) is 24.9. The van der Waals surface area contributed by atoms with Crippen molar-refractivity contribution in [1.82, 2.24) is 15.5 Å². The predicted molar refractivity (Wildman–Crippen MR) is 50.6 cm³/mol. The summed E-state index contributed by atoms with van der Waals surface area (Å²) >= 11 is 0. The monoisotopic (exact) mass is 183 g/mol. The van der Waals surface area contributed by atoms with Crippen LogP contribution >= 0.6 is 0 Å². The fraction of sp³-hybridized carbons (Fsp3) is 0.889. The van der Waals surface area contributed by atoms with Crippen LogP contribution in [0.4, 0.5) is 4.79 Å². The number of hydrogen-bond donors (Lipinski definition) is 2. The molecule has 0 spiro atoms. The lowest BCUT2D eigenvalue weighted by Crippen LogP contribution is -2.37. The summed E-state index contributed by atoms with van der Waals surface area (Å²) in [6.45, 7) is 4.89. The highest BCUT2D eigenvalue weighted by molar-refractivity contribution is 5.76. The zero-order valence-electron chi connectivity index (χ0n) is 7.88. The molecule has 0 radical (unpaired) electrons. The van der Waals surface area contributed by atoms with Gasteiger partial charge in [-0.1, -0.05) is 0 Å². The van der Waals surface area contributed by atoms with Crippen molar-refractivity contribution in [3.8, 4) is 0 Å². The highest BCUT2D eigenvalue weighted by Gasteiger charge is 2.23. The van der Waals surface area contributed by atoms with Crippen LogP contribution in [-0.4, -0.2) is 43.7 Å². The number of nitrogens with zero attached hydrogens (tertiary/aromatic N) is 1. The average Bonchev–Trinajstić information content (AvgIpc) is 2.54. The lowest BCUT2D eigenvalue weighted by atomic mass is 9.98. The van der Waals surface area contributed by atoms with E-state index in [0.29, 0.717) is 5.92 Å². The van der Waals surface area contributed by atoms with Gasteiger partial charge in [-0.25, -0.2) is 4.79 Å². The lowest BCUT2D eigenvalue weighted by molar-refractivity contribution is 0.201. The summed E-state index contributed by atoms with van der Waals surface area (Å²) in [6, 6.07) is 0.124. The molecule has 2 amide bonds. The van der Waals surface area contributed by atoms with Crippen molar-refractivity contribution in [2.75, 3.05) is 32.7 Å². The van der Waals surface area contributed by atoms with Gasteiger partial charge >= 0.3 is 6.03 Å². The highest BCUT2D eigenvalue weighted by atomic mass is 16.2. The minimum atomic E-state index is 0.124. The molecule has 2 fully saturated rings. The number of urea groups is 1. The van der Waals surface area contributed by atoms with Crippen molar-refractivity contribution in [2.24, 2.45) is 5.92 Å². The SMILES string of the molecule is O=C1NCCN1CC1CCNCC1. The second-order valence-electron chi connectivity index (χ2n) is 3.87. The third kappa shape index (κ3) is 2.12. The summed E-state index contributed by atoms with van der Waals surface area (Å²) in [5.41, 5.74) is 0. The molecule has 74 valence electrons. The average molecular weight is 183 g/mol. The fourth-order valence-electron chi connectivity index (χ4n) is 2.06. The van der Waals surface area contributed by atoms with E-state index in [2.05, 4.69) is 10.6 Å². The standard InChI is InChI=1S/C9H17N3O/c13-9-11-5-6-12(9)7-8-1-3-10-4-2-8/h8,10H,1-7H2,(H,11,13). The maximum Gasteiger partial charge on any atom is 0.317 e. The zero-order valence-corrected chi connectivity index (χ0v) is 7.88. The van der Waals surface area contributed by atoms with Crippen LogP contribution in [0.25, 0.3) is 0 Å². The zero-order chi connectivity index (χ0) is 9.10. The van der Waals surface area contributed by atoms with Gasteiger partial charge in [0, 0.05) is 19.6 Å². The molecule has 0 aromatic heterocycles. The minimum absolute atomic E-state index is 0.124. The van der Waals surface area contributed by atoms with Crippen LogP contribution in [0.5, 0.6) is 0 Å². The molecule has 0 aliphatic carbocycles. The van der Waals surface area contributed by atoms with Crippen LogP contribution in [0.3, 0.4) is 0 Å². The first-order valence-electron chi connectivity index (χ1n) is 5.10. The Kier molecular flexibility index (Phi) is 2.68. The van der Waals surface area contributed by atoms with Crippen molar-refractivity contribution in [3.05, 3.63) is 0 Å². The summed E-state index contributed by atoms with van der Waals surface area (Å²) in [7, 11) is 0. The largest absolute Gasteiger partial charge is 0.336 e. The third-order valence-electron chi connectivity index (χ3n) is 2.88. The summed E-state index contributed by atoms with van der Waals surface area (Å²) in [5.74, 6) is 0.713. The quantitative estimate of drug-likeness (QED) is 0.633. The number of piperidine rings is 1. The van der Waals surface area contributed by atoms with Crippen molar-refractivity contribution >= 4 is 6.03 Å². The van der Waals surface area contributed by atoms with Crippen molar-refractivity contribution in [2.45, 2.75) is 12.8 Å². The van der Waals surface area contributed by atoms with Gasteiger partial charge in [0.25, 0.3) is 0 Å². The predicted octanol–water partition coefficient (Wildman–Crippen LogP) is 0.0112. The Bertz CT molecular complexity index is 189. The van der Waals surface area contributed by atoms with Gasteiger partial charge in [0.15, 0.2) is 0 Å². The molecule has 2 rings (SSSR count). The van der Waals surface area contributed by atoms with Gasteiger partial charge in [0.1, 0.15) is 0 Å². The van der Waals surface area contributed by atoms with Gasteiger partial charge in [-0.15, -0.1) is 0 Å². The van der Waals surface area contributed by atoms with E-state index in [-0.39, 0.29) is 6.03 Å². The van der Waals surface area contributed by atoms with Crippen LogP contribution in [0.2, 0.25) is 0 Å². The van der Waals surface area contributed by atoms with Gasteiger partial charge < -0.3 is 15.5 Å². The Hall–Kier alpha value is -0.770. The topological polar surface area (TPSA) is 44.4 Å². The Labute approximate surface area is 78.7 Å². The van der Waals surface area contributed by atoms with E-state index in [1.54, 1.807) is 0 Å². The van der Waals surface area contributed by atoms with Crippen molar-refractivity contribution in [1.29, 1.82) is 0 Å². The van der Waals surface area contributed by atoms with Crippen LogP contribution in [0.1, 0.15) is 12.8 Å². The molecule has 0 unspecified atom stereocenters. The first-order chi connectivity index (χ1) is 6.36. The van der Waals surface area contributed by atoms with Gasteiger partial charge in [0.05, 0.1) is 0 Å². The first kappa shape index (κ1) is 8.81.